The molecule has 0 aliphatic heterocycles. The first-order valence-electron chi connectivity index (χ1n) is 2.64. The van der Waals surface area contributed by atoms with Crippen molar-refractivity contribution in [1.29, 1.82) is 0 Å². The standard InChI is InChI=1S/C6H6O.F3N/c7-6-4-2-1-3-5-6;1-4(2)3/h1-5,7H;. The third kappa shape index (κ3) is 8.77. The molecule has 11 heavy (non-hydrogen) atoms. The highest BCUT2D eigenvalue weighted by atomic mass is 19.5. The van der Waals surface area contributed by atoms with Gasteiger partial charge in [-0.3, -0.25) is 0 Å². The minimum atomic E-state index is -2.50. The first kappa shape index (κ1) is 9.77. The van der Waals surface area contributed by atoms with Crippen LogP contribution in [0, 0.1) is 0 Å². The molecular formula is C6H6F3NO. The molecule has 0 amide bonds. The third-order valence-electron chi connectivity index (χ3n) is 0.756. The molecule has 0 unspecified atom stereocenters. The minimum Gasteiger partial charge on any atom is -0.508 e. The van der Waals surface area contributed by atoms with Crippen molar-refractivity contribution in [3.8, 4) is 5.75 Å². The summed E-state index contributed by atoms with van der Waals surface area (Å²) in [4.78, 5) is 0. The number of para-hydroxylation sites is 1. The molecule has 0 spiro atoms. The molecule has 0 aliphatic rings. The van der Waals surface area contributed by atoms with Crippen LogP contribution in [0.1, 0.15) is 0 Å². The monoisotopic (exact) mass is 165 g/mol. The lowest BCUT2D eigenvalue weighted by Crippen LogP contribution is -1.72. The van der Waals surface area contributed by atoms with Crippen molar-refractivity contribution in [3.05, 3.63) is 30.3 Å². The summed E-state index contributed by atoms with van der Waals surface area (Å²) in [5.41, 5.74) is -2.50. The second-order valence-electron chi connectivity index (χ2n) is 1.53. The number of aromatic hydroxyl groups is 1. The van der Waals surface area contributed by atoms with E-state index >= 15 is 0 Å². The number of hydrogen-bond acceptors (Lipinski definition) is 2. The Morgan fingerprint density at radius 1 is 1.00 bits per heavy atom. The van der Waals surface area contributed by atoms with Crippen LogP contribution in [0.2, 0.25) is 0 Å². The summed E-state index contributed by atoms with van der Waals surface area (Å²) in [5, 5.41) is 8.63. The maximum Gasteiger partial charge on any atom is 0.199 e. The first-order chi connectivity index (χ1) is 5.13. The highest BCUT2D eigenvalue weighted by Crippen LogP contribution is 2.02. The highest BCUT2D eigenvalue weighted by Gasteiger charge is 1.80. The van der Waals surface area contributed by atoms with Crippen molar-refractivity contribution in [2.75, 3.05) is 0 Å². The van der Waals surface area contributed by atoms with Gasteiger partial charge in [-0.05, 0) is 12.1 Å². The number of phenolic OH excluding ortho intramolecular Hbond substituents is 1. The summed E-state index contributed by atoms with van der Waals surface area (Å²) >= 11 is 0. The Hall–Kier alpha value is -1.23. The van der Waals surface area contributed by atoms with Crippen molar-refractivity contribution in [2.24, 2.45) is 0 Å². The second kappa shape index (κ2) is 5.55. The summed E-state index contributed by atoms with van der Waals surface area (Å²) < 4.78 is 28.5. The minimum absolute atomic E-state index is 0.322. The van der Waals surface area contributed by atoms with Gasteiger partial charge in [0.2, 0.25) is 0 Å². The van der Waals surface area contributed by atoms with E-state index in [0.717, 1.165) is 0 Å². The van der Waals surface area contributed by atoms with Crippen LogP contribution in [-0.2, 0) is 0 Å². The number of phenols is 1. The van der Waals surface area contributed by atoms with Crippen LogP contribution in [0.15, 0.2) is 30.3 Å². The van der Waals surface area contributed by atoms with Gasteiger partial charge in [0.1, 0.15) is 5.75 Å². The number of benzene rings is 1. The zero-order valence-electron chi connectivity index (χ0n) is 5.42. The predicted molar refractivity (Wildman–Crippen MR) is 33.3 cm³/mol. The zero-order chi connectivity index (χ0) is 8.69. The molecule has 62 valence electrons. The molecule has 0 aliphatic carbocycles. The Morgan fingerprint density at radius 3 is 1.55 bits per heavy atom. The Labute approximate surface area is 61.3 Å². The molecular weight excluding hydrogens is 159 g/mol. The van der Waals surface area contributed by atoms with Crippen LogP contribution < -0.4 is 0 Å². The quantitative estimate of drug-likeness (QED) is 0.596. The van der Waals surface area contributed by atoms with E-state index in [2.05, 4.69) is 0 Å². The van der Waals surface area contributed by atoms with E-state index in [0.29, 0.717) is 5.75 Å². The molecule has 0 fully saturated rings. The van der Waals surface area contributed by atoms with Crippen LogP contribution >= 0.6 is 0 Å². The maximum atomic E-state index is 9.50. The number of hydrogen-bond donors (Lipinski definition) is 1. The van der Waals surface area contributed by atoms with Gasteiger partial charge >= 0.3 is 0 Å². The van der Waals surface area contributed by atoms with Gasteiger partial charge in [-0.2, -0.15) is 0 Å². The van der Waals surface area contributed by atoms with Crippen LogP contribution in [-0.4, -0.2) is 10.7 Å². The summed E-state index contributed by atoms with van der Waals surface area (Å²) in [6, 6.07) is 8.71. The summed E-state index contributed by atoms with van der Waals surface area (Å²) in [7, 11) is 0. The average Bonchev–Trinajstić information content (AvgIpc) is 1.87. The predicted octanol–water partition coefficient (Wildman–Crippen LogP) is 2.33. The Kier molecular flexibility index (Phi) is 4.93. The molecule has 1 rings (SSSR count). The van der Waals surface area contributed by atoms with Gasteiger partial charge in [0.05, 0.1) is 0 Å². The van der Waals surface area contributed by atoms with E-state index in [1.54, 1.807) is 24.3 Å². The molecule has 0 saturated carbocycles. The Morgan fingerprint density at radius 2 is 1.36 bits per heavy atom. The van der Waals surface area contributed by atoms with E-state index in [1.165, 1.54) is 0 Å². The molecule has 0 bridgehead atoms. The molecule has 0 aromatic heterocycles. The van der Waals surface area contributed by atoms with Gasteiger partial charge < -0.3 is 5.11 Å². The van der Waals surface area contributed by atoms with Crippen LogP contribution in [0.25, 0.3) is 0 Å². The van der Waals surface area contributed by atoms with Crippen LogP contribution in [0.5, 0.6) is 5.75 Å². The number of halogens is 3. The molecule has 5 heteroatoms. The van der Waals surface area contributed by atoms with Crippen molar-refractivity contribution >= 4 is 0 Å². The topological polar surface area (TPSA) is 23.5 Å². The lowest BCUT2D eigenvalue weighted by Gasteiger charge is -1.82. The average molecular weight is 165 g/mol. The van der Waals surface area contributed by atoms with Crippen LogP contribution in [0.3, 0.4) is 0 Å². The highest BCUT2D eigenvalue weighted by molar-refractivity contribution is 5.18. The second-order valence-corrected chi connectivity index (χ2v) is 1.53. The normalized spacial score (nSPS) is 8.73. The SMILES string of the molecule is FN(F)F.Oc1ccccc1. The molecule has 1 N–H and O–H groups in total. The summed E-state index contributed by atoms with van der Waals surface area (Å²) in [5.74, 6) is 0.322. The molecule has 0 heterocycles. The Balaban J connectivity index is 0.000000218. The van der Waals surface area contributed by atoms with E-state index < -0.39 is 5.57 Å². The van der Waals surface area contributed by atoms with Gasteiger partial charge in [-0.25, -0.2) is 0 Å². The van der Waals surface area contributed by atoms with E-state index in [9.17, 15) is 13.4 Å². The van der Waals surface area contributed by atoms with Crippen LogP contribution in [0.4, 0.5) is 13.4 Å². The van der Waals surface area contributed by atoms with E-state index in [1.807, 2.05) is 6.07 Å². The smallest absolute Gasteiger partial charge is 0.199 e. The van der Waals surface area contributed by atoms with Gasteiger partial charge in [0.15, 0.2) is 5.57 Å². The van der Waals surface area contributed by atoms with Gasteiger partial charge in [-0.15, -0.1) is 0 Å². The molecule has 1 aromatic rings. The maximum absolute atomic E-state index is 9.50. The molecule has 0 saturated heterocycles. The van der Waals surface area contributed by atoms with Crippen molar-refractivity contribution in [1.82, 2.24) is 5.57 Å². The fraction of sp³-hybridized carbons (Fsp3) is 0. The molecule has 1 aromatic carbocycles. The Bertz CT molecular complexity index is 178. The number of rotatable bonds is 0. The van der Waals surface area contributed by atoms with Gasteiger partial charge in [0, 0.05) is 0 Å². The van der Waals surface area contributed by atoms with E-state index in [-0.39, 0.29) is 0 Å². The fourth-order valence-corrected chi connectivity index (χ4v) is 0.428. The summed E-state index contributed by atoms with van der Waals surface area (Å²) in [6.07, 6.45) is 0. The van der Waals surface area contributed by atoms with Crippen molar-refractivity contribution < 1.29 is 18.6 Å². The van der Waals surface area contributed by atoms with Gasteiger partial charge in [0.25, 0.3) is 0 Å². The van der Waals surface area contributed by atoms with E-state index in [4.69, 9.17) is 5.11 Å². The molecule has 0 atom stereocenters. The fourth-order valence-electron chi connectivity index (χ4n) is 0.428. The van der Waals surface area contributed by atoms with Gasteiger partial charge in [-0.1, -0.05) is 31.6 Å². The van der Waals surface area contributed by atoms with Crippen molar-refractivity contribution in [3.63, 3.8) is 0 Å². The summed E-state index contributed by atoms with van der Waals surface area (Å²) in [6.45, 7) is 0. The van der Waals surface area contributed by atoms with Crippen molar-refractivity contribution in [2.45, 2.75) is 0 Å². The largest absolute Gasteiger partial charge is 0.508 e. The number of nitrogens with zero attached hydrogens (tertiary/aromatic N) is 1. The molecule has 2 nitrogen and oxygen atoms in total. The lowest BCUT2D eigenvalue weighted by atomic mass is 10.3. The zero-order valence-corrected chi connectivity index (χ0v) is 5.42. The third-order valence-corrected chi connectivity index (χ3v) is 0.756. The lowest BCUT2D eigenvalue weighted by molar-refractivity contribution is -0.295. The molecule has 0 radical (unpaired) electrons. The first-order valence-corrected chi connectivity index (χ1v) is 2.64.